The molecule has 1 N–H and O–H groups in total. The van der Waals surface area contributed by atoms with Gasteiger partial charge in [-0.3, -0.25) is 10.1 Å². The molecule has 1 aromatic heterocycles. The molecule has 0 saturated carbocycles. The topological polar surface area (TPSA) is 69.3 Å². The van der Waals surface area contributed by atoms with Crippen molar-refractivity contribution in [2.45, 2.75) is 13.1 Å². The Labute approximate surface area is 117 Å². The lowest BCUT2D eigenvalue weighted by Crippen LogP contribution is -2.04. The second-order valence-electron chi connectivity index (χ2n) is 4.52. The van der Waals surface area contributed by atoms with Crippen LogP contribution in [-0.4, -0.2) is 23.6 Å². The van der Waals surface area contributed by atoms with E-state index in [0.29, 0.717) is 12.3 Å². The summed E-state index contributed by atoms with van der Waals surface area (Å²) >= 11 is 0. The van der Waals surface area contributed by atoms with Crippen molar-refractivity contribution < 1.29 is 9.66 Å². The molecule has 0 bridgehead atoms. The number of nitrogens with zero attached hydrogens (tertiary/aromatic N) is 2. The third-order valence-electron chi connectivity index (χ3n) is 2.96. The molecular weight excluding hydrogens is 258 g/mol. The molecule has 0 spiro atoms. The fraction of sp³-hybridized carbons (Fsp3) is 0.286. The number of methoxy groups -OCH3 is 1. The number of benzene rings is 1. The number of hydrogen-bond donors (Lipinski definition) is 1. The zero-order valence-electron chi connectivity index (χ0n) is 11.5. The van der Waals surface area contributed by atoms with Crippen LogP contribution in [0.3, 0.4) is 0 Å². The molecule has 0 atom stereocenters. The van der Waals surface area contributed by atoms with Crippen molar-refractivity contribution in [2.24, 2.45) is 0 Å². The Hall–Kier alpha value is -2.34. The molecule has 6 heteroatoms. The normalized spacial score (nSPS) is 10.5. The van der Waals surface area contributed by atoms with Crippen molar-refractivity contribution in [1.29, 1.82) is 0 Å². The van der Waals surface area contributed by atoms with Gasteiger partial charge in [-0.15, -0.1) is 0 Å². The maximum atomic E-state index is 10.9. The Morgan fingerprint density at radius 3 is 2.80 bits per heavy atom. The largest absolute Gasteiger partial charge is 0.496 e. The van der Waals surface area contributed by atoms with Crippen LogP contribution < -0.4 is 10.1 Å². The van der Waals surface area contributed by atoms with Crippen LogP contribution in [0.5, 0.6) is 5.75 Å². The fourth-order valence-corrected chi connectivity index (χ4v) is 2.07. The molecule has 106 valence electrons. The maximum absolute atomic E-state index is 10.9. The highest BCUT2D eigenvalue weighted by atomic mass is 16.6. The summed E-state index contributed by atoms with van der Waals surface area (Å²) < 4.78 is 7.09. The van der Waals surface area contributed by atoms with Crippen LogP contribution in [-0.2, 0) is 13.1 Å². The number of ether oxygens (including phenoxy) is 1. The predicted octanol–water partition coefficient (Wildman–Crippen LogP) is 2.17. The third kappa shape index (κ3) is 3.36. The fourth-order valence-electron chi connectivity index (χ4n) is 2.07. The van der Waals surface area contributed by atoms with Crippen LogP contribution in [0.25, 0.3) is 0 Å². The van der Waals surface area contributed by atoms with E-state index in [4.69, 9.17) is 4.74 Å². The van der Waals surface area contributed by atoms with E-state index in [1.165, 1.54) is 18.7 Å². The zero-order chi connectivity index (χ0) is 14.5. The highest BCUT2D eigenvalue weighted by molar-refractivity contribution is 5.43. The Kier molecular flexibility index (Phi) is 4.37. The smallest absolute Gasteiger partial charge is 0.273 e. The van der Waals surface area contributed by atoms with Crippen molar-refractivity contribution >= 4 is 5.69 Å². The first kappa shape index (κ1) is 14.1. The first-order valence-electron chi connectivity index (χ1n) is 6.24. The van der Waals surface area contributed by atoms with Gasteiger partial charge in [-0.1, -0.05) is 0 Å². The van der Waals surface area contributed by atoms with E-state index in [1.807, 2.05) is 36.1 Å². The van der Waals surface area contributed by atoms with Crippen LogP contribution in [0.2, 0.25) is 0 Å². The lowest BCUT2D eigenvalue weighted by molar-refractivity contribution is -0.385. The summed E-state index contributed by atoms with van der Waals surface area (Å²) in [5, 5.41) is 14.0. The Morgan fingerprint density at radius 1 is 1.35 bits per heavy atom. The van der Waals surface area contributed by atoms with Crippen LogP contribution in [0.15, 0.2) is 36.7 Å². The van der Waals surface area contributed by atoms with Gasteiger partial charge in [-0.25, -0.2) is 0 Å². The lowest BCUT2D eigenvalue weighted by Gasteiger charge is -2.06. The SMILES string of the molecule is CNCc1ccn(Cc2cc(OC)cc([N+](=O)[O-])c2)c1. The molecule has 1 aromatic carbocycles. The monoisotopic (exact) mass is 275 g/mol. The second-order valence-corrected chi connectivity index (χ2v) is 4.52. The van der Waals surface area contributed by atoms with Gasteiger partial charge in [-0.05, 0) is 30.3 Å². The average molecular weight is 275 g/mol. The van der Waals surface area contributed by atoms with E-state index < -0.39 is 4.92 Å². The van der Waals surface area contributed by atoms with Crippen LogP contribution in [0, 0.1) is 10.1 Å². The Morgan fingerprint density at radius 2 is 2.15 bits per heavy atom. The molecule has 0 amide bonds. The highest BCUT2D eigenvalue weighted by Gasteiger charge is 2.10. The highest BCUT2D eigenvalue weighted by Crippen LogP contribution is 2.23. The van der Waals surface area contributed by atoms with E-state index in [1.54, 1.807) is 6.07 Å². The summed E-state index contributed by atoms with van der Waals surface area (Å²) in [5.41, 5.74) is 2.05. The van der Waals surface area contributed by atoms with Crippen molar-refractivity contribution in [2.75, 3.05) is 14.2 Å². The number of nitrogens with one attached hydrogen (secondary N) is 1. The van der Waals surface area contributed by atoms with Gasteiger partial charge in [0.1, 0.15) is 5.75 Å². The van der Waals surface area contributed by atoms with Crippen molar-refractivity contribution in [3.05, 3.63) is 57.9 Å². The van der Waals surface area contributed by atoms with Crippen molar-refractivity contribution in [3.8, 4) is 5.75 Å². The number of hydrogen-bond acceptors (Lipinski definition) is 4. The number of nitro groups is 1. The molecular formula is C14H17N3O3. The summed E-state index contributed by atoms with van der Waals surface area (Å²) in [6.45, 7) is 1.37. The quantitative estimate of drug-likeness (QED) is 0.648. The molecule has 6 nitrogen and oxygen atoms in total. The molecule has 0 radical (unpaired) electrons. The van der Waals surface area contributed by atoms with E-state index in [9.17, 15) is 10.1 Å². The van der Waals surface area contributed by atoms with Gasteiger partial charge in [0.15, 0.2) is 0 Å². The molecule has 0 aliphatic heterocycles. The van der Waals surface area contributed by atoms with E-state index in [0.717, 1.165) is 12.1 Å². The first-order valence-corrected chi connectivity index (χ1v) is 6.24. The molecule has 0 saturated heterocycles. The number of non-ortho nitro benzene ring substituents is 1. The summed E-state index contributed by atoms with van der Waals surface area (Å²) in [6.07, 6.45) is 3.97. The molecule has 0 aliphatic carbocycles. The summed E-state index contributed by atoms with van der Waals surface area (Å²) in [5.74, 6) is 0.497. The zero-order valence-corrected chi connectivity index (χ0v) is 11.5. The average Bonchev–Trinajstić information content (AvgIpc) is 2.86. The number of rotatable bonds is 6. The number of aromatic nitrogens is 1. The third-order valence-corrected chi connectivity index (χ3v) is 2.96. The predicted molar refractivity (Wildman–Crippen MR) is 75.9 cm³/mol. The van der Waals surface area contributed by atoms with E-state index >= 15 is 0 Å². The molecule has 0 aliphatic rings. The van der Waals surface area contributed by atoms with Gasteiger partial charge < -0.3 is 14.6 Å². The minimum Gasteiger partial charge on any atom is -0.496 e. The van der Waals surface area contributed by atoms with Crippen LogP contribution >= 0.6 is 0 Å². The Bertz CT molecular complexity index is 607. The van der Waals surface area contributed by atoms with Gasteiger partial charge in [0.2, 0.25) is 0 Å². The van der Waals surface area contributed by atoms with Gasteiger partial charge in [0.05, 0.1) is 18.1 Å². The first-order chi connectivity index (χ1) is 9.62. The Balaban J connectivity index is 2.22. The van der Waals surface area contributed by atoms with E-state index in [2.05, 4.69) is 5.32 Å². The minimum atomic E-state index is -0.409. The summed E-state index contributed by atoms with van der Waals surface area (Å²) in [4.78, 5) is 10.5. The number of nitro benzene ring substituents is 1. The summed E-state index contributed by atoms with van der Waals surface area (Å²) in [7, 11) is 3.40. The second kappa shape index (κ2) is 6.21. The van der Waals surface area contributed by atoms with Crippen molar-refractivity contribution in [1.82, 2.24) is 9.88 Å². The summed E-state index contributed by atoms with van der Waals surface area (Å²) in [6, 6.07) is 6.82. The van der Waals surface area contributed by atoms with Gasteiger partial charge in [-0.2, -0.15) is 0 Å². The standard InChI is InChI=1S/C14H17N3O3/c1-15-8-11-3-4-16(9-11)10-12-5-13(17(18)19)7-14(6-12)20-2/h3-7,9,15H,8,10H2,1-2H3. The van der Waals surface area contributed by atoms with Crippen molar-refractivity contribution in [3.63, 3.8) is 0 Å². The molecule has 0 unspecified atom stereocenters. The molecule has 20 heavy (non-hydrogen) atoms. The lowest BCUT2D eigenvalue weighted by atomic mass is 10.2. The van der Waals surface area contributed by atoms with Gasteiger partial charge >= 0.3 is 0 Å². The van der Waals surface area contributed by atoms with Gasteiger partial charge in [0.25, 0.3) is 5.69 Å². The van der Waals surface area contributed by atoms with E-state index in [-0.39, 0.29) is 5.69 Å². The molecule has 0 fully saturated rings. The molecule has 2 rings (SSSR count). The maximum Gasteiger partial charge on any atom is 0.273 e. The van der Waals surface area contributed by atoms with Gasteiger partial charge in [0, 0.05) is 31.5 Å². The minimum absolute atomic E-state index is 0.0435. The van der Waals surface area contributed by atoms with Crippen LogP contribution in [0.1, 0.15) is 11.1 Å². The molecule has 1 heterocycles. The molecule has 2 aromatic rings. The van der Waals surface area contributed by atoms with Crippen LogP contribution in [0.4, 0.5) is 5.69 Å².